The molecule has 0 aromatic carbocycles. The molecule has 0 aliphatic carbocycles. The molecule has 0 saturated carbocycles. The highest BCUT2D eigenvalue weighted by atomic mass is 32.2. The van der Waals surface area contributed by atoms with Crippen molar-refractivity contribution in [2.45, 2.75) is 50.8 Å². The first kappa shape index (κ1) is 16.9. The lowest BCUT2D eigenvalue weighted by Gasteiger charge is -2.27. The number of hydrogen-bond donors (Lipinski definition) is 2. The topological polar surface area (TPSA) is 39.7 Å². The molecule has 2 aliphatic rings. The lowest BCUT2D eigenvalue weighted by Crippen LogP contribution is -2.46. The molecule has 0 bridgehead atoms. The predicted molar refractivity (Wildman–Crippen MR) is 94.3 cm³/mol. The van der Waals surface area contributed by atoms with Gasteiger partial charge in [0, 0.05) is 38.0 Å². The van der Waals surface area contributed by atoms with Crippen molar-refractivity contribution in [3.05, 3.63) is 0 Å². The molecule has 122 valence electrons. The van der Waals surface area contributed by atoms with Crippen LogP contribution in [0.15, 0.2) is 4.99 Å². The van der Waals surface area contributed by atoms with Gasteiger partial charge in [-0.3, -0.25) is 9.89 Å². The van der Waals surface area contributed by atoms with E-state index in [0.717, 1.165) is 30.2 Å². The number of thioether (sulfide) groups is 1. The summed E-state index contributed by atoms with van der Waals surface area (Å²) in [7, 11) is 1.87. The van der Waals surface area contributed by atoms with Crippen LogP contribution in [0.5, 0.6) is 0 Å². The summed E-state index contributed by atoms with van der Waals surface area (Å²) in [5.41, 5.74) is 0. The molecule has 2 saturated heterocycles. The molecule has 21 heavy (non-hydrogen) atoms. The molecule has 0 aromatic heterocycles. The minimum atomic E-state index is 0.673. The van der Waals surface area contributed by atoms with E-state index < -0.39 is 0 Å². The monoisotopic (exact) mass is 312 g/mol. The highest BCUT2D eigenvalue weighted by Crippen LogP contribution is 2.25. The van der Waals surface area contributed by atoms with Gasteiger partial charge in [-0.1, -0.05) is 13.8 Å². The van der Waals surface area contributed by atoms with Gasteiger partial charge >= 0.3 is 0 Å². The number of rotatable bonds is 6. The van der Waals surface area contributed by atoms with Crippen LogP contribution in [-0.2, 0) is 0 Å². The predicted octanol–water partition coefficient (Wildman–Crippen LogP) is 2.17. The van der Waals surface area contributed by atoms with Crippen LogP contribution in [0.3, 0.4) is 0 Å². The molecular weight excluding hydrogens is 280 g/mol. The fraction of sp³-hybridized carbons (Fsp3) is 0.938. The second-order valence-electron chi connectivity index (χ2n) is 6.65. The standard InChI is InChI=1S/C16H32N4S/c1-13(2)12-20-8-4-6-14(20)10-18-16(17-3)19-11-15-7-5-9-21-15/h13-15H,4-12H2,1-3H3,(H2,17,18,19)/t14-,15?/m1/s1. The molecule has 0 aromatic rings. The van der Waals surface area contributed by atoms with E-state index in [1.54, 1.807) is 0 Å². The van der Waals surface area contributed by atoms with Crippen molar-refractivity contribution < 1.29 is 0 Å². The lowest BCUT2D eigenvalue weighted by molar-refractivity contribution is 0.226. The van der Waals surface area contributed by atoms with Gasteiger partial charge in [0.25, 0.3) is 0 Å². The van der Waals surface area contributed by atoms with Gasteiger partial charge in [0.05, 0.1) is 0 Å². The maximum atomic E-state index is 4.36. The Bertz CT molecular complexity index is 326. The summed E-state index contributed by atoms with van der Waals surface area (Å²) < 4.78 is 0. The van der Waals surface area contributed by atoms with Crippen molar-refractivity contribution in [1.29, 1.82) is 0 Å². The Balaban J connectivity index is 1.69. The molecule has 2 N–H and O–H groups in total. The third kappa shape index (κ3) is 5.70. The molecular formula is C16H32N4S. The molecule has 2 rings (SSSR count). The fourth-order valence-corrected chi connectivity index (χ4v) is 4.49. The van der Waals surface area contributed by atoms with Crippen molar-refractivity contribution in [1.82, 2.24) is 15.5 Å². The summed E-state index contributed by atoms with van der Waals surface area (Å²) >= 11 is 2.09. The van der Waals surface area contributed by atoms with Gasteiger partial charge in [0.2, 0.25) is 0 Å². The number of nitrogens with zero attached hydrogens (tertiary/aromatic N) is 2. The lowest BCUT2D eigenvalue weighted by atomic mass is 10.1. The van der Waals surface area contributed by atoms with Crippen molar-refractivity contribution in [3.63, 3.8) is 0 Å². The zero-order valence-corrected chi connectivity index (χ0v) is 14.7. The average molecular weight is 313 g/mol. The van der Waals surface area contributed by atoms with Gasteiger partial charge in [0.1, 0.15) is 0 Å². The van der Waals surface area contributed by atoms with Crippen LogP contribution >= 0.6 is 11.8 Å². The Morgan fingerprint density at radius 2 is 2.05 bits per heavy atom. The molecule has 4 nitrogen and oxygen atoms in total. The molecule has 5 heteroatoms. The quantitative estimate of drug-likeness (QED) is 0.582. The number of aliphatic imine (C=N–C) groups is 1. The van der Waals surface area contributed by atoms with Crippen LogP contribution in [0.2, 0.25) is 0 Å². The van der Waals surface area contributed by atoms with Crippen molar-refractivity contribution >= 4 is 17.7 Å². The summed E-state index contributed by atoms with van der Waals surface area (Å²) in [6.07, 6.45) is 5.37. The highest BCUT2D eigenvalue weighted by Gasteiger charge is 2.25. The summed E-state index contributed by atoms with van der Waals surface area (Å²) in [6.45, 7) is 9.16. The Morgan fingerprint density at radius 1 is 1.24 bits per heavy atom. The first-order valence-electron chi connectivity index (χ1n) is 8.49. The van der Waals surface area contributed by atoms with E-state index in [2.05, 4.69) is 46.1 Å². The van der Waals surface area contributed by atoms with Crippen LogP contribution in [0.25, 0.3) is 0 Å². The maximum Gasteiger partial charge on any atom is 0.191 e. The smallest absolute Gasteiger partial charge is 0.191 e. The van der Waals surface area contributed by atoms with E-state index in [4.69, 9.17) is 0 Å². The molecule has 2 atom stereocenters. The average Bonchev–Trinajstić information content (AvgIpc) is 3.10. The second kappa shape index (κ2) is 8.89. The first-order chi connectivity index (χ1) is 10.2. The Hall–Kier alpha value is -0.420. The third-order valence-electron chi connectivity index (χ3n) is 4.35. The Kier molecular flexibility index (Phi) is 7.17. The third-order valence-corrected chi connectivity index (χ3v) is 5.75. The van der Waals surface area contributed by atoms with E-state index in [9.17, 15) is 0 Å². The number of guanidine groups is 1. The largest absolute Gasteiger partial charge is 0.355 e. The van der Waals surface area contributed by atoms with Crippen LogP contribution in [0.4, 0.5) is 0 Å². The van der Waals surface area contributed by atoms with Crippen LogP contribution in [-0.4, -0.2) is 61.1 Å². The maximum absolute atomic E-state index is 4.36. The summed E-state index contributed by atoms with van der Waals surface area (Å²) in [4.78, 5) is 7.00. The van der Waals surface area contributed by atoms with Gasteiger partial charge in [0.15, 0.2) is 5.96 Å². The van der Waals surface area contributed by atoms with E-state index in [1.165, 1.54) is 44.5 Å². The Morgan fingerprint density at radius 3 is 2.71 bits per heavy atom. The fourth-order valence-electron chi connectivity index (χ4n) is 3.29. The summed E-state index contributed by atoms with van der Waals surface area (Å²) in [6, 6.07) is 0.673. The minimum Gasteiger partial charge on any atom is -0.355 e. The van der Waals surface area contributed by atoms with Crippen LogP contribution in [0, 0.1) is 5.92 Å². The van der Waals surface area contributed by atoms with Gasteiger partial charge in [-0.15, -0.1) is 0 Å². The molecule has 2 fully saturated rings. The van der Waals surface area contributed by atoms with Crippen molar-refractivity contribution in [3.8, 4) is 0 Å². The summed E-state index contributed by atoms with van der Waals surface area (Å²) in [5, 5.41) is 7.79. The van der Waals surface area contributed by atoms with E-state index >= 15 is 0 Å². The van der Waals surface area contributed by atoms with E-state index in [0.29, 0.717) is 6.04 Å². The number of likely N-dealkylation sites (tertiary alicyclic amines) is 1. The van der Waals surface area contributed by atoms with Crippen LogP contribution < -0.4 is 10.6 Å². The summed E-state index contributed by atoms with van der Waals surface area (Å²) in [5.74, 6) is 3.05. The van der Waals surface area contributed by atoms with Crippen molar-refractivity contribution in [2.24, 2.45) is 10.9 Å². The minimum absolute atomic E-state index is 0.673. The van der Waals surface area contributed by atoms with Gasteiger partial charge < -0.3 is 10.6 Å². The van der Waals surface area contributed by atoms with E-state index in [1.807, 2.05) is 7.05 Å². The van der Waals surface area contributed by atoms with Gasteiger partial charge in [-0.05, 0) is 43.9 Å². The second-order valence-corrected chi connectivity index (χ2v) is 8.06. The molecule has 1 unspecified atom stereocenters. The molecule has 0 amide bonds. The molecule has 0 radical (unpaired) electrons. The van der Waals surface area contributed by atoms with E-state index in [-0.39, 0.29) is 0 Å². The number of nitrogens with one attached hydrogen (secondary N) is 2. The SMILES string of the molecule is CN=C(NCC1CCCS1)NC[C@H]1CCCN1CC(C)C. The highest BCUT2D eigenvalue weighted by molar-refractivity contribution is 8.00. The van der Waals surface area contributed by atoms with Crippen molar-refractivity contribution in [2.75, 3.05) is 39.0 Å². The zero-order valence-electron chi connectivity index (χ0n) is 13.9. The molecule has 2 aliphatic heterocycles. The number of hydrogen-bond acceptors (Lipinski definition) is 3. The normalized spacial score (nSPS) is 27.5. The molecule has 0 spiro atoms. The molecule has 2 heterocycles. The first-order valence-corrected chi connectivity index (χ1v) is 9.54. The zero-order chi connectivity index (χ0) is 15.1. The van der Waals surface area contributed by atoms with Gasteiger partial charge in [-0.25, -0.2) is 0 Å². The Labute approximate surface area is 134 Å². The van der Waals surface area contributed by atoms with Gasteiger partial charge in [-0.2, -0.15) is 11.8 Å². The van der Waals surface area contributed by atoms with Crippen LogP contribution in [0.1, 0.15) is 39.5 Å².